The van der Waals surface area contributed by atoms with E-state index in [4.69, 9.17) is 10.5 Å². The lowest BCUT2D eigenvalue weighted by Crippen LogP contribution is -2.41. The highest BCUT2D eigenvalue weighted by molar-refractivity contribution is 6.08. The second kappa shape index (κ2) is 8.27. The summed E-state index contributed by atoms with van der Waals surface area (Å²) in [5.74, 6) is -0.255. The molecule has 0 radical (unpaired) electrons. The molecule has 166 valence electrons. The molecule has 0 bridgehead atoms. The molecule has 10 heteroatoms. The number of hydrogen-bond acceptors (Lipinski definition) is 7. The number of ether oxygens (including phenoxy) is 1. The van der Waals surface area contributed by atoms with Crippen molar-refractivity contribution in [2.45, 2.75) is 12.0 Å². The van der Waals surface area contributed by atoms with Crippen LogP contribution in [0.3, 0.4) is 0 Å². The lowest BCUT2D eigenvalue weighted by molar-refractivity contribution is -0.129. The number of nitriles is 1. The van der Waals surface area contributed by atoms with Crippen molar-refractivity contribution in [3.63, 3.8) is 0 Å². The van der Waals surface area contributed by atoms with E-state index in [-0.39, 0.29) is 11.7 Å². The number of halogens is 2. The van der Waals surface area contributed by atoms with Gasteiger partial charge in [0, 0.05) is 25.0 Å². The number of carbonyl (C=O) groups excluding carboxylic acids is 1. The smallest absolute Gasteiger partial charge is 0.280 e. The second-order valence-electron chi connectivity index (χ2n) is 7.32. The molecule has 0 fully saturated rings. The molecule has 1 amide bonds. The van der Waals surface area contributed by atoms with Gasteiger partial charge in [-0.25, -0.2) is 18.8 Å². The van der Waals surface area contributed by atoms with E-state index >= 15 is 0 Å². The topological polar surface area (TPSA) is 117 Å². The number of hydrogen-bond donors (Lipinski definition) is 1. The lowest BCUT2D eigenvalue weighted by atomic mass is 9.84. The van der Waals surface area contributed by atoms with Gasteiger partial charge in [-0.3, -0.25) is 14.7 Å². The number of aliphatic imine (C=N–C) groups is 1. The van der Waals surface area contributed by atoms with Gasteiger partial charge >= 0.3 is 0 Å². The fourth-order valence-electron chi connectivity index (χ4n) is 3.67. The Morgan fingerprint density at radius 3 is 2.61 bits per heavy atom. The van der Waals surface area contributed by atoms with E-state index in [9.17, 15) is 18.8 Å². The van der Waals surface area contributed by atoms with E-state index in [2.05, 4.69) is 15.0 Å². The predicted molar refractivity (Wildman–Crippen MR) is 115 cm³/mol. The van der Waals surface area contributed by atoms with E-state index in [0.29, 0.717) is 28.0 Å². The third-order valence-corrected chi connectivity index (χ3v) is 5.37. The van der Waals surface area contributed by atoms with Gasteiger partial charge in [0.25, 0.3) is 12.3 Å². The van der Waals surface area contributed by atoms with Crippen LogP contribution in [-0.4, -0.2) is 40.9 Å². The molecule has 2 N–H and O–H groups in total. The minimum absolute atomic E-state index is 0.000652. The third kappa shape index (κ3) is 3.63. The molecule has 3 heterocycles. The summed E-state index contributed by atoms with van der Waals surface area (Å²) in [4.78, 5) is 27.2. The van der Waals surface area contributed by atoms with Crippen LogP contribution in [0.2, 0.25) is 0 Å². The molecule has 1 aliphatic heterocycles. The zero-order valence-corrected chi connectivity index (χ0v) is 17.7. The molecule has 1 unspecified atom stereocenters. The van der Waals surface area contributed by atoms with Crippen LogP contribution in [0.5, 0.6) is 5.75 Å². The first-order chi connectivity index (χ1) is 15.8. The Balaban J connectivity index is 2.00. The highest BCUT2D eigenvalue weighted by Gasteiger charge is 2.51. The first-order valence-electron chi connectivity index (χ1n) is 9.74. The number of likely N-dealkylation sites (N-methyl/N-ethyl adjacent to an activating group) is 1. The number of rotatable bonds is 5. The summed E-state index contributed by atoms with van der Waals surface area (Å²) in [7, 11) is 2.90. The maximum atomic E-state index is 13.5. The summed E-state index contributed by atoms with van der Waals surface area (Å²) in [6.45, 7) is 0. The van der Waals surface area contributed by atoms with Crippen LogP contribution >= 0.6 is 0 Å². The van der Waals surface area contributed by atoms with E-state index in [1.165, 1.54) is 38.6 Å². The van der Waals surface area contributed by atoms with Crippen molar-refractivity contribution in [2.75, 3.05) is 14.2 Å². The molecular weight excluding hydrogens is 430 g/mol. The Labute approximate surface area is 188 Å². The molecule has 8 nitrogen and oxygen atoms in total. The van der Waals surface area contributed by atoms with Gasteiger partial charge in [-0.15, -0.1) is 0 Å². The molecule has 3 aromatic rings. The molecule has 1 aliphatic rings. The quantitative estimate of drug-likeness (QED) is 0.641. The van der Waals surface area contributed by atoms with Crippen LogP contribution in [0.15, 0.2) is 59.9 Å². The first kappa shape index (κ1) is 21.8. The fraction of sp³-hybridized carbons (Fsp3) is 0.174. The van der Waals surface area contributed by atoms with E-state index in [1.807, 2.05) is 6.07 Å². The average molecular weight is 448 g/mol. The van der Waals surface area contributed by atoms with Gasteiger partial charge in [0.15, 0.2) is 5.96 Å². The summed E-state index contributed by atoms with van der Waals surface area (Å²) in [6, 6.07) is 12.6. The number of nitrogens with zero attached hydrogens (tertiary/aromatic N) is 5. The van der Waals surface area contributed by atoms with Crippen LogP contribution in [0.1, 0.15) is 28.9 Å². The summed E-state index contributed by atoms with van der Waals surface area (Å²) in [6.07, 6.45) is 0.145. The van der Waals surface area contributed by atoms with Crippen molar-refractivity contribution < 1.29 is 18.3 Å². The normalized spacial score (nSPS) is 17.8. The molecule has 0 saturated heterocycles. The number of carbonyl (C=O) groups is 1. The largest absolute Gasteiger partial charge is 0.497 e. The zero-order valence-electron chi connectivity index (χ0n) is 17.7. The maximum absolute atomic E-state index is 13.5. The molecule has 0 spiro atoms. The Kier molecular flexibility index (Phi) is 5.47. The summed E-state index contributed by atoms with van der Waals surface area (Å²) < 4.78 is 32.3. The SMILES string of the molecule is COc1cc(-c2cncc(C#N)c2)cc(C2(c3cccc(C(F)F)n3)N=C(N)N(C)C2=O)c1. The minimum Gasteiger partial charge on any atom is -0.497 e. The Bertz CT molecular complexity index is 1320. The highest BCUT2D eigenvalue weighted by atomic mass is 19.3. The minimum atomic E-state index is -2.83. The van der Waals surface area contributed by atoms with Crippen molar-refractivity contribution in [3.8, 4) is 22.9 Å². The summed E-state index contributed by atoms with van der Waals surface area (Å²) in [5, 5.41) is 9.22. The Morgan fingerprint density at radius 2 is 1.97 bits per heavy atom. The fourth-order valence-corrected chi connectivity index (χ4v) is 3.67. The van der Waals surface area contributed by atoms with Crippen LogP contribution in [0.4, 0.5) is 8.78 Å². The zero-order chi connectivity index (χ0) is 23.8. The first-order valence-corrected chi connectivity index (χ1v) is 9.74. The molecule has 0 aliphatic carbocycles. The van der Waals surface area contributed by atoms with E-state index in [0.717, 1.165) is 4.90 Å². The maximum Gasteiger partial charge on any atom is 0.280 e. The number of aromatic nitrogens is 2. The molecule has 33 heavy (non-hydrogen) atoms. The second-order valence-corrected chi connectivity index (χ2v) is 7.32. The number of alkyl halides is 2. The summed E-state index contributed by atoms with van der Waals surface area (Å²) in [5.41, 5.74) is 5.52. The van der Waals surface area contributed by atoms with E-state index < -0.39 is 23.6 Å². The number of benzene rings is 1. The monoisotopic (exact) mass is 448 g/mol. The van der Waals surface area contributed by atoms with Gasteiger partial charge in [0.05, 0.1) is 18.4 Å². The number of pyridine rings is 2. The van der Waals surface area contributed by atoms with Crippen molar-refractivity contribution >= 4 is 11.9 Å². The standard InChI is InChI=1S/C23H18F2N6O2/c1-31-21(32)23(30-22(31)27,19-5-3-4-18(29-19)20(24)25)16-7-14(8-17(9-16)33-2)15-6-13(10-26)11-28-12-15/h3-9,11-12,20H,1-2H3,(H2,27,30). The van der Waals surface area contributed by atoms with Gasteiger partial charge in [-0.05, 0) is 47.5 Å². The number of nitrogens with two attached hydrogens (primary N) is 1. The van der Waals surface area contributed by atoms with Gasteiger partial charge in [-0.1, -0.05) is 6.07 Å². The van der Waals surface area contributed by atoms with Crippen LogP contribution in [0, 0.1) is 11.3 Å². The van der Waals surface area contributed by atoms with Crippen molar-refractivity contribution in [1.82, 2.24) is 14.9 Å². The molecule has 2 aromatic heterocycles. The van der Waals surface area contributed by atoms with Crippen LogP contribution < -0.4 is 10.5 Å². The summed E-state index contributed by atoms with van der Waals surface area (Å²) >= 11 is 0. The molecule has 4 rings (SSSR count). The van der Waals surface area contributed by atoms with Gasteiger partial charge in [0.2, 0.25) is 5.54 Å². The molecule has 0 saturated carbocycles. The average Bonchev–Trinajstić information content (AvgIpc) is 3.08. The van der Waals surface area contributed by atoms with Gasteiger partial charge in [0.1, 0.15) is 17.5 Å². The Hall–Kier alpha value is -4.39. The van der Waals surface area contributed by atoms with Crippen molar-refractivity contribution in [2.24, 2.45) is 10.7 Å². The van der Waals surface area contributed by atoms with Gasteiger partial charge < -0.3 is 10.5 Å². The Morgan fingerprint density at radius 1 is 1.18 bits per heavy atom. The molecule has 1 atom stereocenters. The predicted octanol–water partition coefficient (Wildman–Crippen LogP) is 2.99. The number of guanidine groups is 1. The number of amides is 1. The van der Waals surface area contributed by atoms with Crippen molar-refractivity contribution in [1.29, 1.82) is 5.26 Å². The highest BCUT2D eigenvalue weighted by Crippen LogP contribution is 2.42. The van der Waals surface area contributed by atoms with Crippen molar-refractivity contribution in [3.05, 3.63) is 77.4 Å². The third-order valence-electron chi connectivity index (χ3n) is 5.37. The van der Waals surface area contributed by atoms with Gasteiger partial charge in [-0.2, -0.15) is 5.26 Å². The lowest BCUT2D eigenvalue weighted by Gasteiger charge is -2.26. The molecular formula is C23H18F2N6O2. The number of methoxy groups -OCH3 is 1. The molecule has 1 aromatic carbocycles. The van der Waals surface area contributed by atoms with E-state index in [1.54, 1.807) is 30.5 Å². The van der Waals surface area contributed by atoms with Crippen LogP contribution in [-0.2, 0) is 10.3 Å². The van der Waals surface area contributed by atoms with Crippen LogP contribution in [0.25, 0.3) is 11.1 Å².